The summed E-state index contributed by atoms with van der Waals surface area (Å²) >= 11 is 0. The first kappa shape index (κ1) is 23.1. The largest absolute Gasteiger partial charge is 0.493 e. The summed E-state index contributed by atoms with van der Waals surface area (Å²) in [4.78, 5) is 25.0. The van der Waals surface area contributed by atoms with Crippen molar-refractivity contribution in [2.24, 2.45) is 5.41 Å². The van der Waals surface area contributed by atoms with E-state index in [0.717, 1.165) is 28.7 Å². The third kappa shape index (κ3) is 4.28. The second-order valence-corrected chi connectivity index (χ2v) is 8.53. The van der Waals surface area contributed by atoms with Gasteiger partial charge >= 0.3 is 5.97 Å². The molecule has 4 rings (SSSR count). The van der Waals surface area contributed by atoms with Gasteiger partial charge in [0.1, 0.15) is 12.0 Å². The zero-order valence-electron chi connectivity index (χ0n) is 19.1. The van der Waals surface area contributed by atoms with Crippen molar-refractivity contribution in [1.82, 2.24) is 0 Å². The predicted molar refractivity (Wildman–Crippen MR) is 121 cm³/mol. The maximum Gasteiger partial charge on any atom is 0.315 e. The van der Waals surface area contributed by atoms with Gasteiger partial charge in [-0.1, -0.05) is 24.6 Å². The normalized spacial score (nSPS) is 16.0. The molecule has 0 aliphatic heterocycles. The Labute approximate surface area is 193 Å². The van der Waals surface area contributed by atoms with Gasteiger partial charge in [0.25, 0.3) is 0 Å². The SMILES string of the molecule is COc1ccc(-c2cccc3c2CCC3=O)c(OCC2(C(=O)OCCCF)CCC2)c1OC. The van der Waals surface area contributed by atoms with Gasteiger partial charge in [0.2, 0.25) is 5.75 Å². The number of carbonyl (C=O) groups excluding carboxylic acids is 2. The van der Waals surface area contributed by atoms with E-state index in [1.807, 2.05) is 30.3 Å². The molecule has 33 heavy (non-hydrogen) atoms. The molecule has 1 fully saturated rings. The summed E-state index contributed by atoms with van der Waals surface area (Å²) in [6.07, 6.45) is 3.55. The summed E-state index contributed by atoms with van der Waals surface area (Å²) in [6.45, 7) is -0.341. The minimum absolute atomic E-state index is 0.0645. The molecule has 7 heteroatoms. The molecule has 2 aromatic carbocycles. The van der Waals surface area contributed by atoms with Gasteiger partial charge in [0.05, 0.1) is 27.5 Å². The summed E-state index contributed by atoms with van der Waals surface area (Å²) in [5.41, 5.74) is 2.65. The highest BCUT2D eigenvalue weighted by molar-refractivity contribution is 6.02. The molecule has 0 atom stereocenters. The Bertz CT molecular complexity index is 1040. The molecule has 0 radical (unpaired) electrons. The molecule has 0 N–H and O–H groups in total. The molecule has 0 bridgehead atoms. The van der Waals surface area contributed by atoms with Crippen LogP contribution in [0.25, 0.3) is 11.1 Å². The van der Waals surface area contributed by atoms with Crippen LogP contribution in [0.5, 0.6) is 17.2 Å². The molecule has 0 aromatic heterocycles. The van der Waals surface area contributed by atoms with Crippen LogP contribution in [0.2, 0.25) is 0 Å². The third-order valence-corrected chi connectivity index (χ3v) is 6.62. The quantitative estimate of drug-likeness (QED) is 0.372. The Hall–Kier alpha value is -3.09. The van der Waals surface area contributed by atoms with E-state index < -0.39 is 12.1 Å². The Morgan fingerprint density at radius 2 is 1.79 bits per heavy atom. The summed E-state index contributed by atoms with van der Waals surface area (Å²) in [5.74, 6) is 1.19. The second kappa shape index (κ2) is 9.81. The summed E-state index contributed by atoms with van der Waals surface area (Å²) in [7, 11) is 3.09. The standard InChI is InChI=1S/C26H29FO6/c1-30-22-11-9-20(17-6-3-7-19-18(17)8-10-21(19)28)23(24(22)31-2)33-16-26(12-4-13-26)25(29)32-15-5-14-27/h3,6-7,9,11H,4-5,8,10,12-16H2,1-2H3. The number of hydrogen-bond acceptors (Lipinski definition) is 6. The monoisotopic (exact) mass is 456 g/mol. The molecule has 1 saturated carbocycles. The number of rotatable bonds is 10. The zero-order chi connectivity index (χ0) is 23.4. The van der Waals surface area contributed by atoms with Crippen molar-refractivity contribution in [2.75, 3.05) is 34.1 Å². The number of fused-ring (bicyclic) bond motifs is 1. The molecular weight excluding hydrogens is 427 g/mol. The van der Waals surface area contributed by atoms with Crippen LogP contribution < -0.4 is 14.2 Å². The van der Waals surface area contributed by atoms with E-state index in [1.54, 1.807) is 7.11 Å². The summed E-state index contributed by atoms with van der Waals surface area (Å²) in [6, 6.07) is 9.39. The minimum atomic E-state index is -0.754. The van der Waals surface area contributed by atoms with E-state index in [4.69, 9.17) is 18.9 Å². The van der Waals surface area contributed by atoms with Crippen molar-refractivity contribution in [2.45, 2.75) is 38.5 Å². The molecule has 2 aliphatic carbocycles. The Morgan fingerprint density at radius 3 is 2.45 bits per heavy atom. The van der Waals surface area contributed by atoms with Crippen LogP contribution in [-0.2, 0) is 16.0 Å². The van der Waals surface area contributed by atoms with E-state index in [-0.39, 0.29) is 31.4 Å². The maximum absolute atomic E-state index is 12.7. The fourth-order valence-electron chi connectivity index (χ4n) is 4.59. The molecule has 2 aliphatic rings. The smallest absolute Gasteiger partial charge is 0.315 e. The average molecular weight is 457 g/mol. The molecule has 0 amide bonds. The number of ether oxygens (including phenoxy) is 4. The number of Topliss-reactive ketones (excluding diaryl/α,β-unsaturated/α-hetero) is 1. The number of halogens is 1. The lowest BCUT2D eigenvalue weighted by Gasteiger charge is -2.39. The number of benzene rings is 2. The fourth-order valence-corrected chi connectivity index (χ4v) is 4.59. The van der Waals surface area contributed by atoms with Crippen LogP contribution in [-0.4, -0.2) is 45.9 Å². The highest BCUT2D eigenvalue weighted by Gasteiger charge is 2.47. The minimum Gasteiger partial charge on any atom is -0.493 e. The van der Waals surface area contributed by atoms with Crippen LogP contribution in [0.15, 0.2) is 30.3 Å². The number of carbonyl (C=O) groups is 2. The highest BCUT2D eigenvalue weighted by atomic mass is 19.1. The lowest BCUT2D eigenvalue weighted by molar-refractivity contribution is -0.164. The lowest BCUT2D eigenvalue weighted by atomic mass is 9.69. The Kier molecular flexibility index (Phi) is 6.86. The van der Waals surface area contributed by atoms with Gasteiger partial charge < -0.3 is 18.9 Å². The predicted octanol–water partition coefficient (Wildman–Crippen LogP) is 4.95. The molecule has 0 saturated heterocycles. The van der Waals surface area contributed by atoms with E-state index in [2.05, 4.69) is 0 Å². The topological polar surface area (TPSA) is 71.1 Å². The van der Waals surface area contributed by atoms with Gasteiger partial charge in [-0.15, -0.1) is 0 Å². The van der Waals surface area contributed by atoms with Crippen molar-refractivity contribution in [3.63, 3.8) is 0 Å². The van der Waals surface area contributed by atoms with Gasteiger partial charge in [-0.2, -0.15) is 0 Å². The molecule has 0 unspecified atom stereocenters. The number of ketones is 1. The van der Waals surface area contributed by atoms with Crippen LogP contribution in [0.1, 0.15) is 48.0 Å². The van der Waals surface area contributed by atoms with Gasteiger partial charge in [-0.05, 0) is 42.5 Å². The van der Waals surface area contributed by atoms with Crippen LogP contribution >= 0.6 is 0 Å². The van der Waals surface area contributed by atoms with Crippen molar-refractivity contribution >= 4 is 11.8 Å². The van der Waals surface area contributed by atoms with Crippen LogP contribution in [0, 0.1) is 5.41 Å². The van der Waals surface area contributed by atoms with E-state index in [9.17, 15) is 14.0 Å². The molecule has 0 heterocycles. The van der Waals surface area contributed by atoms with E-state index in [1.165, 1.54) is 7.11 Å². The third-order valence-electron chi connectivity index (χ3n) is 6.62. The number of esters is 1. The molecule has 6 nitrogen and oxygen atoms in total. The van der Waals surface area contributed by atoms with Crippen molar-refractivity contribution in [3.8, 4) is 28.4 Å². The summed E-state index contributed by atoms with van der Waals surface area (Å²) in [5, 5.41) is 0. The van der Waals surface area contributed by atoms with Gasteiger partial charge in [0.15, 0.2) is 17.3 Å². The summed E-state index contributed by atoms with van der Waals surface area (Å²) < 4.78 is 35.2. The zero-order valence-corrected chi connectivity index (χ0v) is 19.1. The first-order valence-corrected chi connectivity index (χ1v) is 11.3. The Balaban J connectivity index is 1.69. The van der Waals surface area contributed by atoms with Crippen molar-refractivity contribution in [1.29, 1.82) is 0 Å². The number of methoxy groups -OCH3 is 2. The first-order chi connectivity index (χ1) is 16.0. The maximum atomic E-state index is 12.7. The van der Waals surface area contributed by atoms with Crippen LogP contribution in [0.3, 0.4) is 0 Å². The second-order valence-electron chi connectivity index (χ2n) is 8.53. The molecule has 0 spiro atoms. The lowest BCUT2D eigenvalue weighted by Crippen LogP contribution is -2.44. The molecule has 176 valence electrons. The van der Waals surface area contributed by atoms with Gasteiger partial charge in [-0.25, -0.2) is 0 Å². The molecular formula is C26H29FO6. The van der Waals surface area contributed by atoms with E-state index in [0.29, 0.717) is 42.9 Å². The highest BCUT2D eigenvalue weighted by Crippen LogP contribution is 2.49. The number of hydrogen-bond donors (Lipinski definition) is 0. The Morgan fingerprint density at radius 1 is 1.00 bits per heavy atom. The first-order valence-electron chi connectivity index (χ1n) is 11.3. The van der Waals surface area contributed by atoms with Crippen molar-refractivity contribution < 1.29 is 32.9 Å². The van der Waals surface area contributed by atoms with Gasteiger partial charge in [-0.3, -0.25) is 14.0 Å². The number of alkyl halides is 1. The molecule has 2 aromatic rings. The van der Waals surface area contributed by atoms with Gasteiger partial charge in [0, 0.05) is 24.0 Å². The fraction of sp³-hybridized carbons (Fsp3) is 0.462. The van der Waals surface area contributed by atoms with E-state index >= 15 is 0 Å². The van der Waals surface area contributed by atoms with Crippen LogP contribution in [0.4, 0.5) is 4.39 Å². The van der Waals surface area contributed by atoms with Crippen molar-refractivity contribution in [3.05, 3.63) is 41.5 Å². The average Bonchev–Trinajstić information content (AvgIpc) is 3.19.